The highest BCUT2D eigenvalue weighted by atomic mass is 35.5. The molecule has 1 saturated heterocycles. The van der Waals surface area contributed by atoms with Gasteiger partial charge in [-0.05, 0) is 49.2 Å². The Balaban J connectivity index is 1.50. The lowest BCUT2D eigenvalue weighted by molar-refractivity contribution is -0.122. The van der Waals surface area contributed by atoms with Gasteiger partial charge >= 0.3 is 0 Å². The van der Waals surface area contributed by atoms with Crippen LogP contribution >= 0.6 is 34.5 Å². The lowest BCUT2D eigenvalue weighted by Crippen LogP contribution is -2.40. The average molecular weight is 484 g/mol. The van der Waals surface area contributed by atoms with Gasteiger partial charge in [0.05, 0.1) is 20.1 Å². The molecule has 0 atom stereocenters. The first-order valence-corrected chi connectivity index (χ1v) is 12.4. The van der Waals surface area contributed by atoms with E-state index < -0.39 is 10.0 Å². The number of thiazole rings is 1. The molecule has 1 amide bonds. The molecule has 0 radical (unpaired) electrons. The van der Waals surface area contributed by atoms with Crippen molar-refractivity contribution in [3.8, 4) is 0 Å². The summed E-state index contributed by atoms with van der Waals surface area (Å²) in [5, 5.41) is 1.09. The van der Waals surface area contributed by atoms with E-state index in [9.17, 15) is 13.2 Å². The van der Waals surface area contributed by atoms with Crippen molar-refractivity contribution in [2.75, 3.05) is 13.1 Å². The van der Waals surface area contributed by atoms with Crippen molar-refractivity contribution in [2.45, 2.75) is 17.7 Å². The monoisotopic (exact) mass is 483 g/mol. The van der Waals surface area contributed by atoms with Crippen LogP contribution in [0.15, 0.2) is 52.4 Å². The number of aryl methyl sites for hydroxylation is 1. The second-order valence-electron chi connectivity index (χ2n) is 7.11. The average Bonchev–Trinajstić information content (AvgIpc) is 3.05. The summed E-state index contributed by atoms with van der Waals surface area (Å²) in [7, 11) is -1.77. The summed E-state index contributed by atoms with van der Waals surface area (Å²) in [5.74, 6) is -0.529. The highest BCUT2D eigenvalue weighted by Crippen LogP contribution is 2.27. The molecule has 0 saturated carbocycles. The maximum Gasteiger partial charge on any atom is 0.251 e. The Morgan fingerprint density at radius 3 is 2.40 bits per heavy atom. The number of nitrogens with zero attached hydrogens (tertiary/aromatic N) is 3. The number of carbonyl (C=O) groups excluding carboxylic acids is 1. The van der Waals surface area contributed by atoms with Crippen molar-refractivity contribution in [1.82, 2.24) is 8.87 Å². The minimum absolute atomic E-state index is 0.204. The first kappa shape index (κ1) is 21.5. The van der Waals surface area contributed by atoms with Crippen LogP contribution in [0, 0.1) is 5.92 Å². The van der Waals surface area contributed by atoms with E-state index in [1.54, 1.807) is 18.2 Å². The standard InChI is InChI=1S/C20H19Cl2N3O3S2/c1-24-18-16(22)3-2-4-17(18)29-20(24)23-19(26)13-9-11-25(12-10-13)30(27,28)15-7-5-14(21)6-8-15/h2-8,13H,9-12H2,1H3. The molecule has 0 N–H and O–H groups in total. The highest BCUT2D eigenvalue weighted by molar-refractivity contribution is 7.89. The van der Waals surface area contributed by atoms with Gasteiger partial charge < -0.3 is 4.57 Å². The molecule has 0 unspecified atom stereocenters. The van der Waals surface area contributed by atoms with Crippen LogP contribution in [0.4, 0.5) is 0 Å². The molecular weight excluding hydrogens is 465 g/mol. The first-order chi connectivity index (χ1) is 14.3. The van der Waals surface area contributed by atoms with Gasteiger partial charge in [-0.15, -0.1) is 0 Å². The number of halogens is 2. The van der Waals surface area contributed by atoms with Crippen LogP contribution in [0.1, 0.15) is 12.8 Å². The number of para-hydroxylation sites is 1. The Bertz CT molecular complexity index is 1270. The van der Waals surface area contributed by atoms with Gasteiger partial charge in [-0.1, -0.05) is 40.6 Å². The Hall–Kier alpha value is -1.71. The van der Waals surface area contributed by atoms with E-state index in [1.807, 2.05) is 23.7 Å². The van der Waals surface area contributed by atoms with Gasteiger partial charge in [0.2, 0.25) is 10.0 Å². The van der Waals surface area contributed by atoms with Gasteiger partial charge in [0.15, 0.2) is 4.80 Å². The van der Waals surface area contributed by atoms with Gasteiger partial charge in [-0.2, -0.15) is 9.30 Å². The Morgan fingerprint density at radius 2 is 1.77 bits per heavy atom. The SMILES string of the molecule is Cn1c(=NC(=O)C2CCN(S(=O)(=O)c3ccc(Cl)cc3)CC2)sc2cccc(Cl)c21. The zero-order chi connectivity index (χ0) is 21.5. The molecule has 2 aromatic carbocycles. The third kappa shape index (κ3) is 4.07. The Labute approximate surface area is 188 Å². The summed E-state index contributed by atoms with van der Waals surface area (Å²) in [6.07, 6.45) is 0.870. The molecule has 1 fully saturated rings. The van der Waals surface area contributed by atoms with Crippen LogP contribution < -0.4 is 4.80 Å². The van der Waals surface area contributed by atoms with Crippen molar-refractivity contribution < 1.29 is 13.2 Å². The summed E-state index contributed by atoms with van der Waals surface area (Å²) in [4.78, 5) is 17.9. The van der Waals surface area contributed by atoms with Crippen LogP contribution in [-0.2, 0) is 21.9 Å². The van der Waals surface area contributed by atoms with Gasteiger partial charge in [0, 0.05) is 31.1 Å². The van der Waals surface area contributed by atoms with Crippen molar-refractivity contribution in [3.63, 3.8) is 0 Å². The Kier molecular flexibility index (Phi) is 6.05. The molecule has 30 heavy (non-hydrogen) atoms. The number of sulfonamides is 1. The number of fused-ring (bicyclic) bond motifs is 1. The number of aromatic nitrogens is 1. The molecule has 6 nitrogen and oxygen atoms in total. The van der Waals surface area contributed by atoms with Crippen LogP contribution in [0.25, 0.3) is 10.2 Å². The van der Waals surface area contributed by atoms with E-state index in [2.05, 4.69) is 4.99 Å². The second kappa shape index (κ2) is 8.43. The number of carbonyl (C=O) groups is 1. The molecule has 4 rings (SSSR count). The second-order valence-corrected chi connectivity index (χ2v) is 10.9. The largest absolute Gasteiger partial charge is 0.318 e. The maximum absolute atomic E-state index is 12.8. The predicted molar refractivity (Wildman–Crippen MR) is 119 cm³/mol. The number of rotatable bonds is 3. The van der Waals surface area contributed by atoms with Gasteiger partial charge in [0.1, 0.15) is 0 Å². The van der Waals surface area contributed by atoms with Crippen molar-refractivity contribution in [3.05, 3.63) is 57.3 Å². The topological polar surface area (TPSA) is 71.7 Å². The van der Waals surface area contributed by atoms with Gasteiger partial charge in [0.25, 0.3) is 5.91 Å². The summed E-state index contributed by atoms with van der Waals surface area (Å²) < 4.78 is 29.8. The number of amides is 1. The summed E-state index contributed by atoms with van der Waals surface area (Å²) in [6.45, 7) is 0.558. The zero-order valence-electron chi connectivity index (χ0n) is 16.1. The minimum atomic E-state index is -3.60. The molecule has 1 aliphatic heterocycles. The fourth-order valence-electron chi connectivity index (χ4n) is 3.55. The zero-order valence-corrected chi connectivity index (χ0v) is 19.2. The van der Waals surface area contributed by atoms with Crippen molar-refractivity contribution in [1.29, 1.82) is 0 Å². The molecule has 158 valence electrons. The fraction of sp³-hybridized carbons (Fsp3) is 0.300. The van der Waals surface area contributed by atoms with Gasteiger partial charge in [-0.25, -0.2) is 8.42 Å². The van der Waals surface area contributed by atoms with E-state index in [4.69, 9.17) is 23.2 Å². The molecular formula is C20H19Cl2N3O3S2. The van der Waals surface area contributed by atoms with Crippen molar-refractivity contribution >= 4 is 60.7 Å². The number of hydrogen-bond acceptors (Lipinski definition) is 4. The van der Waals surface area contributed by atoms with E-state index in [0.717, 1.165) is 10.2 Å². The predicted octanol–water partition coefficient (Wildman–Crippen LogP) is 4.07. The molecule has 2 heterocycles. The Morgan fingerprint density at radius 1 is 1.10 bits per heavy atom. The quantitative estimate of drug-likeness (QED) is 0.563. The third-order valence-electron chi connectivity index (χ3n) is 5.23. The molecule has 0 bridgehead atoms. The number of piperidine rings is 1. The number of hydrogen-bond donors (Lipinski definition) is 0. The van der Waals surface area contributed by atoms with Crippen LogP contribution in [0.5, 0.6) is 0 Å². The van der Waals surface area contributed by atoms with Crippen LogP contribution in [0.2, 0.25) is 10.0 Å². The smallest absolute Gasteiger partial charge is 0.251 e. The van der Waals surface area contributed by atoms with Crippen LogP contribution in [-0.4, -0.2) is 36.3 Å². The molecule has 3 aromatic rings. The normalized spacial score (nSPS) is 17.0. The first-order valence-electron chi connectivity index (χ1n) is 9.36. The third-order valence-corrected chi connectivity index (χ3v) is 8.80. The molecule has 1 aromatic heterocycles. The fourth-order valence-corrected chi connectivity index (χ4v) is 6.55. The maximum atomic E-state index is 12.8. The van der Waals surface area contributed by atoms with Gasteiger partial charge in [-0.3, -0.25) is 4.79 Å². The summed E-state index contributed by atoms with van der Waals surface area (Å²) in [6, 6.07) is 11.7. The van der Waals surface area contributed by atoms with E-state index >= 15 is 0 Å². The highest BCUT2D eigenvalue weighted by Gasteiger charge is 2.32. The minimum Gasteiger partial charge on any atom is -0.318 e. The molecule has 0 spiro atoms. The lowest BCUT2D eigenvalue weighted by atomic mass is 9.98. The molecule has 0 aliphatic carbocycles. The summed E-state index contributed by atoms with van der Waals surface area (Å²) in [5.41, 5.74) is 0.847. The van der Waals surface area contributed by atoms with Crippen LogP contribution in [0.3, 0.4) is 0 Å². The van der Waals surface area contributed by atoms with Crippen molar-refractivity contribution in [2.24, 2.45) is 18.0 Å². The molecule has 10 heteroatoms. The molecule has 1 aliphatic rings. The van der Waals surface area contributed by atoms with E-state index in [-0.39, 0.29) is 29.8 Å². The summed E-state index contributed by atoms with van der Waals surface area (Å²) >= 11 is 13.5. The number of benzene rings is 2. The lowest BCUT2D eigenvalue weighted by Gasteiger charge is -2.29. The van der Waals surface area contributed by atoms with E-state index in [1.165, 1.54) is 27.8 Å². The van der Waals surface area contributed by atoms with E-state index in [0.29, 0.717) is 27.7 Å².